The number of rotatable bonds is 3. The Labute approximate surface area is 128 Å². The van der Waals surface area contributed by atoms with Gasteiger partial charge in [-0.3, -0.25) is 0 Å². The average molecular weight is 302 g/mol. The minimum Gasteiger partial charge on any atom is -0.388 e. The number of hydrogen-bond acceptors (Lipinski definition) is 3. The topological polar surface area (TPSA) is 20.2 Å². The van der Waals surface area contributed by atoms with Gasteiger partial charge in [0.25, 0.3) is 0 Å². The van der Waals surface area contributed by atoms with Crippen molar-refractivity contribution in [2.75, 3.05) is 5.75 Å². The van der Waals surface area contributed by atoms with Crippen molar-refractivity contribution >= 4 is 23.1 Å². The molecule has 2 unspecified atom stereocenters. The summed E-state index contributed by atoms with van der Waals surface area (Å²) in [5, 5.41) is 10.5. The molecule has 1 N–H and O–H groups in total. The van der Waals surface area contributed by atoms with Gasteiger partial charge in [-0.1, -0.05) is 24.3 Å². The summed E-state index contributed by atoms with van der Waals surface area (Å²) >= 11 is 3.85. The highest BCUT2D eigenvalue weighted by Gasteiger charge is 2.29. The molecule has 2 heterocycles. The lowest BCUT2D eigenvalue weighted by atomic mass is 9.75. The molecular formula is C17H18OS2. The van der Waals surface area contributed by atoms with Crippen molar-refractivity contribution in [3.63, 3.8) is 0 Å². The van der Waals surface area contributed by atoms with Crippen LogP contribution in [0.4, 0.5) is 0 Å². The third-order valence-electron chi connectivity index (χ3n) is 4.44. The summed E-state index contributed by atoms with van der Waals surface area (Å²) < 4.78 is 0. The van der Waals surface area contributed by atoms with Gasteiger partial charge >= 0.3 is 0 Å². The van der Waals surface area contributed by atoms with Crippen LogP contribution in [0.5, 0.6) is 0 Å². The monoisotopic (exact) mass is 302 g/mol. The molecule has 20 heavy (non-hydrogen) atoms. The van der Waals surface area contributed by atoms with Gasteiger partial charge in [0, 0.05) is 15.5 Å². The zero-order chi connectivity index (χ0) is 13.5. The molecule has 1 aliphatic carbocycles. The fraction of sp³-hybridized carbons (Fsp3) is 0.412. The van der Waals surface area contributed by atoms with Crippen LogP contribution in [0.15, 0.2) is 30.3 Å². The van der Waals surface area contributed by atoms with Crippen LogP contribution in [0.2, 0.25) is 0 Å². The van der Waals surface area contributed by atoms with E-state index in [9.17, 15) is 5.11 Å². The number of thioether (sulfide) groups is 1. The van der Waals surface area contributed by atoms with Gasteiger partial charge in [0.2, 0.25) is 0 Å². The quantitative estimate of drug-likeness (QED) is 0.912. The number of hydrogen-bond donors (Lipinski definition) is 1. The summed E-state index contributed by atoms with van der Waals surface area (Å²) in [4.78, 5) is 2.69. The van der Waals surface area contributed by atoms with Crippen molar-refractivity contribution < 1.29 is 5.11 Å². The Bertz CT molecular complexity index is 608. The van der Waals surface area contributed by atoms with Gasteiger partial charge in [0.05, 0.1) is 6.10 Å². The van der Waals surface area contributed by atoms with E-state index in [2.05, 4.69) is 30.3 Å². The van der Waals surface area contributed by atoms with Crippen molar-refractivity contribution in [3.8, 4) is 0 Å². The molecule has 0 bridgehead atoms. The molecule has 2 aliphatic rings. The van der Waals surface area contributed by atoms with E-state index in [0.29, 0.717) is 5.92 Å². The van der Waals surface area contributed by atoms with Crippen LogP contribution < -0.4 is 0 Å². The zero-order valence-corrected chi connectivity index (χ0v) is 13.0. The predicted octanol–water partition coefficient (Wildman–Crippen LogP) is 4.30. The van der Waals surface area contributed by atoms with E-state index < -0.39 is 0 Å². The van der Waals surface area contributed by atoms with Crippen LogP contribution in [-0.4, -0.2) is 10.9 Å². The first kappa shape index (κ1) is 12.9. The van der Waals surface area contributed by atoms with Gasteiger partial charge in [-0.15, -0.1) is 11.3 Å². The Hall–Kier alpha value is -0.770. The van der Waals surface area contributed by atoms with Crippen LogP contribution in [0.25, 0.3) is 0 Å². The third-order valence-corrected chi connectivity index (χ3v) is 6.79. The first-order valence-corrected chi connectivity index (χ1v) is 9.23. The Morgan fingerprint density at radius 2 is 2.15 bits per heavy atom. The number of thiophene rings is 1. The van der Waals surface area contributed by atoms with Gasteiger partial charge in [0.1, 0.15) is 0 Å². The molecule has 1 aromatic carbocycles. The molecule has 104 valence electrons. The SMILES string of the molecule is OC(CC1Cc2ccccc21)c1cc2c(s1)CCSC2. The fourth-order valence-electron chi connectivity index (χ4n) is 3.29. The lowest BCUT2D eigenvalue weighted by Crippen LogP contribution is -2.19. The first-order valence-electron chi connectivity index (χ1n) is 7.26. The van der Waals surface area contributed by atoms with Gasteiger partial charge in [0.15, 0.2) is 0 Å². The molecular weight excluding hydrogens is 284 g/mol. The van der Waals surface area contributed by atoms with E-state index in [1.165, 1.54) is 38.6 Å². The summed E-state index contributed by atoms with van der Waals surface area (Å²) in [7, 11) is 0. The van der Waals surface area contributed by atoms with Crippen molar-refractivity contribution in [1.82, 2.24) is 0 Å². The summed E-state index contributed by atoms with van der Waals surface area (Å²) in [5.74, 6) is 2.92. The van der Waals surface area contributed by atoms with Crippen LogP contribution in [-0.2, 0) is 18.6 Å². The number of aliphatic hydroxyl groups excluding tert-OH is 1. The Morgan fingerprint density at radius 3 is 3.00 bits per heavy atom. The predicted molar refractivity (Wildman–Crippen MR) is 86.6 cm³/mol. The maximum Gasteiger partial charge on any atom is 0.0888 e. The number of aliphatic hydroxyl groups is 1. The van der Waals surface area contributed by atoms with E-state index in [1.54, 1.807) is 0 Å². The number of benzene rings is 1. The summed E-state index contributed by atoms with van der Waals surface area (Å²) in [5.41, 5.74) is 4.38. The Morgan fingerprint density at radius 1 is 1.25 bits per heavy atom. The van der Waals surface area contributed by atoms with Gasteiger partial charge in [-0.05, 0) is 53.7 Å². The smallest absolute Gasteiger partial charge is 0.0888 e. The first-order chi connectivity index (χ1) is 9.81. The van der Waals surface area contributed by atoms with Crippen LogP contribution >= 0.6 is 23.1 Å². The second-order valence-electron chi connectivity index (χ2n) is 5.75. The van der Waals surface area contributed by atoms with Crippen molar-refractivity contribution in [2.24, 2.45) is 0 Å². The molecule has 0 fully saturated rings. The van der Waals surface area contributed by atoms with Crippen LogP contribution in [0.1, 0.15) is 44.9 Å². The molecule has 1 nitrogen and oxygen atoms in total. The van der Waals surface area contributed by atoms with E-state index in [4.69, 9.17) is 0 Å². The van der Waals surface area contributed by atoms with Crippen molar-refractivity contribution in [3.05, 3.63) is 56.8 Å². The highest BCUT2D eigenvalue weighted by molar-refractivity contribution is 7.98. The summed E-state index contributed by atoms with van der Waals surface area (Å²) in [6.07, 6.45) is 2.91. The van der Waals surface area contributed by atoms with E-state index in [1.807, 2.05) is 23.1 Å². The normalized spacial score (nSPS) is 21.8. The highest BCUT2D eigenvalue weighted by Crippen LogP contribution is 2.43. The highest BCUT2D eigenvalue weighted by atomic mass is 32.2. The van der Waals surface area contributed by atoms with Crippen LogP contribution in [0, 0.1) is 0 Å². The summed E-state index contributed by atoms with van der Waals surface area (Å²) in [6.45, 7) is 0. The summed E-state index contributed by atoms with van der Waals surface area (Å²) in [6, 6.07) is 10.9. The largest absolute Gasteiger partial charge is 0.388 e. The minimum atomic E-state index is -0.283. The molecule has 2 aromatic rings. The molecule has 1 aromatic heterocycles. The minimum absolute atomic E-state index is 0.283. The lowest BCUT2D eigenvalue weighted by Gasteiger charge is -2.31. The molecule has 0 spiro atoms. The third kappa shape index (κ3) is 2.22. The van der Waals surface area contributed by atoms with E-state index in [0.717, 1.165) is 18.6 Å². The van der Waals surface area contributed by atoms with Gasteiger partial charge in [-0.2, -0.15) is 11.8 Å². The lowest BCUT2D eigenvalue weighted by molar-refractivity contribution is 0.157. The molecule has 4 rings (SSSR count). The Kier molecular flexibility index (Phi) is 3.37. The Balaban J connectivity index is 1.49. The molecule has 0 radical (unpaired) electrons. The molecule has 0 amide bonds. The second-order valence-corrected chi connectivity index (χ2v) is 8.02. The average Bonchev–Trinajstić information content (AvgIpc) is 2.88. The van der Waals surface area contributed by atoms with Crippen molar-refractivity contribution in [1.29, 1.82) is 0 Å². The van der Waals surface area contributed by atoms with E-state index >= 15 is 0 Å². The molecule has 0 saturated heterocycles. The number of fused-ring (bicyclic) bond motifs is 2. The van der Waals surface area contributed by atoms with Gasteiger partial charge < -0.3 is 5.11 Å². The number of aryl methyl sites for hydroxylation is 1. The maximum absolute atomic E-state index is 10.5. The van der Waals surface area contributed by atoms with Crippen LogP contribution in [0.3, 0.4) is 0 Å². The standard InChI is InChI=1S/C17H18OS2/c18-15(8-12-7-11-3-1-2-4-14(11)12)17-9-13-10-19-6-5-16(13)20-17/h1-4,9,12,15,18H,5-8,10H2. The molecule has 1 aliphatic heterocycles. The second kappa shape index (κ2) is 5.21. The van der Waals surface area contributed by atoms with Crippen molar-refractivity contribution in [2.45, 2.75) is 37.0 Å². The zero-order valence-electron chi connectivity index (χ0n) is 11.3. The molecule has 0 saturated carbocycles. The molecule has 3 heteroatoms. The van der Waals surface area contributed by atoms with Gasteiger partial charge in [-0.25, -0.2) is 0 Å². The molecule has 2 atom stereocenters. The fourth-order valence-corrected chi connectivity index (χ4v) is 5.67. The maximum atomic E-state index is 10.5. The van der Waals surface area contributed by atoms with E-state index in [-0.39, 0.29) is 6.10 Å².